The molecular weight excluding hydrogens is 278 g/mol. The quantitative estimate of drug-likeness (QED) is 0.766. The molecule has 3 N–H and O–H groups in total. The van der Waals surface area contributed by atoms with Gasteiger partial charge in [0.05, 0.1) is 22.5 Å². The molecule has 2 aliphatic rings. The van der Waals surface area contributed by atoms with Crippen molar-refractivity contribution in [3.8, 4) is 0 Å². The van der Waals surface area contributed by atoms with Crippen molar-refractivity contribution in [1.29, 1.82) is 0 Å². The summed E-state index contributed by atoms with van der Waals surface area (Å²) >= 11 is 6.10. The SMILES string of the molecule is Nc1ccc(Cl)c(C(=O)N2CCCC3C(=O)NCC32)c1. The summed E-state index contributed by atoms with van der Waals surface area (Å²) in [5, 5.41) is 3.23. The van der Waals surface area contributed by atoms with Crippen LogP contribution in [0.3, 0.4) is 0 Å². The topological polar surface area (TPSA) is 75.4 Å². The van der Waals surface area contributed by atoms with Crippen LogP contribution in [-0.4, -0.2) is 35.8 Å². The molecule has 106 valence electrons. The highest BCUT2D eigenvalue weighted by Crippen LogP contribution is 2.30. The van der Waals surface area contributed by atoms with Gasteiger partial charge in [0.15, 0.2) is 0 Å². The fourth-order valence-electron chi connectivity index (χ4n) is 3.07. The molecule has 5 nitrogen and oxygen atoms in total. The van der Waals surface area contributed by atoms with Gasteiger partial charge in [-0.15, -0.1) is 0 Å². The standard InChI is InChI=1S/C14H16ClN3O2/c15-11-4-3-8(16)6-10(11)14(20)18-5-1-2-9-12(18)7-17-13(9)19/h3-4,6,9,12H,1-2,5,7,16H2,(H,17,19). The summed E-state index contributed by atoms with van der Waals surface area (Å²) in [5.41, 5.74) is 6.64. The summed E-state index contributed by atoms with van der Waals surface area (Å²) in [7, 11) is 0. The van der Waals surface area contributed by atoms with E-state index in [0.717, 1.165) is 12.8 Å². The first-order valence-corrected chi connectivity index (χ1v) is 7.09. The fourth-order valence-corrected chi connectivity index (χ4v) is 3.26. The third kappa shape index (κ3) is 2.12. The van der Waals surface area contributed by atoms with Gasteiger partial charge < -0.3 is 16.0 Å². The maximum absolute atomic E-state index is 12.7. The zero-order valence-corrected chi connectivity index (χ0v) is 11.7. The van der Waals surface area contributed by atoms with Gasteiger partial charge in [0, 0.05) is 18.8 Å². The van der Waals surface area contributed by atoms with Crippen molar-refractivity contribution >= 4 is 29.1 Å². The molecule has 2 amide bonds. The lowest BCUT2D eigenvalue weighted by Crippen LogP contribution is -2.48. The Morgan fingerprint density at radius 1 is 1.45 bits per heavy atom. The number of hydrogen-bond donors (Lipinski definition) is 2. The molecule has 2 unspecified atom stereocenters. The summed E-state index contributed by atoms with van der Waals surface area (Å²) < 4.78 is 0. The minimum absolute atomic E-state index is 0.0474. The van der Waals surface area contributed by atoms with Crippen molar-refractivity contribution in [3.63, 3.8) is 0 Å². The van der Waals surface area contributed by atoms with Crippen molar-refractivity contribution in [3.05, 3.63) is 28.8 Å². The van der Waals surface area contributed by atoms with Gasteiger partial charge in [0.2, 0.25) is 5.91 Å². The Balaban J connectivity index is 1.90. The van der Waals surface area contributed by atoms with Gasteiger partial charge in [0.1, 0.15) is 0 Å². The molecule has 6 heteroatoms. The molecule has 0 spiro atoms. The highest BCUT2D eigenvalue weighted by Gasteiger charge is 2.42. The number of amides is 2. The number of nitrogens with zero attached hydrogens (tertiary/aromatic N) is 1. The van der Waals surface area contributed by atoms with E-state index in [1.54, 1.807) is 23.1 Å². The van der Waals surface area contributed by atoms with E-state index < -0.39 is 0 Å². The molecule has 2 atom stereocenters. The largest absolute Gasteiger partial charge is 0.399 e. The molecule has 3 rings (SSSR count). The molecule has 1 aromatic rings. The summed E-state index contributed by atoms with van der Waals surface area (Å²) in [6, 6.07) is 4.82. The molecular formula is C14H16ClN3O2. The lowest BCUT2D eigenvalue weighted by molar-refractivity contribution is -0.123. The summed E-state index contributed by atoms with van der Waals surface area (Å²) in [5.74, 6) is -0.188. The Labute approximate surface area is 122 Å². The van der Waals surface area contributed by atoms with Crippen LogP contribution >= 0.6 is 11.6 Å². The first-order valence-electron chi connectivity index (χ1n) is 6.71. The van der Waals surface area contributed by atoms with Gasteiger partial charge >= 0.3 is 0 Å². The fraction of sp³-hybridized carbons (Fsp3) is 0.429. The second kappa shape index (κ2) is 4.98. The molecule has 20 heavy (non-hydrogen) atoms. The Morgan fingerprint density at radius 2 is 2.25 bits per heavy atom. The normalized spacial score (nSPS) is 25.2. The maximum Gasteiger partial charge on any atom is 0.255 e. The lowest BCUT2D eigenvalue weighted by atomic mass is 9.91. The average molecular weight is 294 g/mol. The monoisotopic (exact) mass is 293 g/mol. The van der Waals surface area contributed by atoms with Crippen LogP contribution in [0, 0.1) is 5.92 Å². The van der Waals surface area contributed by atoms with Crippen LogP contribution in [0.1, 0.15) is 23.2 Å². The van der Waals surface area contributed by atoms with E-state index in [4.69, 9.17) is 17.3 Å². The first-order chi connectivity index (χ1) is 9.58. The van der Waals surface area contributed by atoms with E-state index >= 15 is 0 Å². The molecule has 2 saturated heterocycles. The zero-order chi connectivity index (χ0) is 14.3. The molecule has 1 aromatic carbocycles. The van der Waals surface area contributed by atoms with Crippen molar-refractivity contribution in [1.82, 2.24) is 10.2 Å². The van der Waals surface area contributed by atoms with Crippen LogP contribution in [0.4, 0.5) is 5.69 Å². The van der Waals surface area contributed by atoms with Crippen LogP contribution in [0.2, 0.25) is 5.02 Å². The highest BCUT2D eigenvalue weighted by molar-refractivity contribution is 6.34. The van der Waals surface area contributed by atoms with Gasteiger partial charge in [-0.3, -0.25) is 9.59 Å². The van der Waals surface area contributed by atoms with E-state index in [-0.39, 0.29) is 23.8 Å². The minimum atomic E-state index is -0.145. The summed E-state index contributed by atoms with van der Waals surface area (Å²) in [6.45, 7) is 1.18. The number of hydrogen-bond acceptors (Lipinski definition) is 3. The third-order valence-corrected chi connectivity index (χ3v) is 4.41. The van der Waals surface area contributed by atoms with E-state index in [9.17, 15) is 9.59 Å². The van der Waals surface area contributed by atoms with Gasteiger partial charge in [0.25, 0.3) is 5.91 Å². The smallest absolute Gasteiger partial charge is 0.255 e. The number of carbonyl (C=O) groups is 2. The molecule has 0 bridgehead atoms. The number of piperidine rings is 1. The lowest BCUT2D eigenvalue weighted by Gasteiger charge is -2.36. The molecule has 2 aliphatic heterocycles. The number of anilines is 1. The van der Waals surface area contributed by atoms with Crippen molar-refractivity contribution in [2.75, 3.05) is 18.8 Å². The molecule has 0 saturated carbocycles. The predicted molar refractivity (Wildman–Crippen MR) is 76.4 cm³/mol. The van der Waals surface area contributed by atoms with Gasteiger partial charge in [-0.1, -0.05) is 11.6 Å². The van der Waals surface area contributed by atoms with Gasteiger partial charge in [-0.2, -0.15) is 0 Å². The number of benzene rings is 1. The van der Waals surface area contributed by atoms with Crippen molar-refractivity contribution in [2.24, 2.45) is 5.92 Å². The highest BCUT2D eigenvalue weighted by atomic mass is 35.5. The average Bonchev–Trinajstić information content (AvgIpc) is 2.83. The summed E-state index contributed by atoms with van der Waals surface area (Å²) in [6.07, 6.45) is 1.67. The van der Waals surface area contributed by atoms with Gasteiger partial charge in [-0.25, -0.2) is 0 Å². The van der Waals surface area contributed by atoms with Crippen LogP contribution in [0.25, 0.3) is 0 Å². The van der Waals surface area contributed by atoms with E-state index in [2.05, 4.69) is 5.32 Å². The molecule has 2 fully saturated rings. The predicted octanol–water partition coefficient (Wildman–Crippen LogP) is 1.27. The Kier molecular flexibility index (Phi) is 3.30. The molecule has 2 heterocycles. The number of rotatable bonds is 1. The van der Waals surface area contributed by atoms with Crippen molar-refractivity contribution in [2.45, 2.75) is 18.9 Å². The number of halogens is 1. The van der Waals surface area contributed by atoms with Crippen LogP contribution < -0.4 is 11.1 Å². The van der Waals surface area contributed by atoms with E-state index in [1.807, 2.05) is 0 Å². The third-order valence-electron chi connectivity index (χ3n) is 4.08. The number of fused-ring (bicyclic) bond motifs is 1. The number of carbonyl (C=O) groups excluding carboxylic acids is 2. The maximum atomic E-state index is 12.7. The first kappa shape index (κ1) is 13.2. The molecule has 0 aliphatic carbocycles. The molecule has 0 aromatic heterocycles. The summed E-state index contributed by atoms with van der Waals surface area (Å²) in [4.78, 5) is 26.2. The van der Waals surface area contributed by atoms with E-state index in [1.165, 1.54) is 0 Å². The zero-order valence-electron chi connectivity index (χ0n) is 10.9. The minimum Gasteiger partial charge on any atom is -0.399 e. The number of nitrogens with one attached hydrogen (secondary N) is 1. The van der Waals surface area contributed by atoms with Gasteiger partial charge in [-0.05, 0) is 31.0 Å². The van der Waals surface area contributed by atoms with Crippen LogP contribution in [-0.2, 0) is 4.79 Å². The Bertz CT molecular complexity index is 576. The Hall–Kier alpha value is -1.75. The molecule has 0 radical (unpaired) electrons. The number of nitrogen functional groups attached to an aromatic ring is 1. The second-order valence-electron chi connectivity index (χ2n) is 5.30. The van der Waals surface area contributed by atoms with Crippen LogP contribution in [0.15, 0.2) is 18.2 Å². The van der Waals surface area contributed by atoms with Crippen molar-refractivity contribution < 1.29 is 9.59 Å². The van der Waals surface area contributed by atoms with E-state index in [0.29, 0.717) is 29.4 Å². The second-order valence-corrected chi connectivity index (χ2v) is 5.71. The number of nitrogens with two attached hydrogens (primary N) is 1. The Morgan fingerprint density at radius 3 is 3.05 bits per heavy atom. The number of likely N-dealkylation sites (tertiary alicyclic amines) is 1. The van der Waals surface area contributed by atoms with Crippen LogP contribution in [0.5, 0.6) is 0 Å².